The van der Waals surface area contributed by atoms with E-state index in [1.54, 1.807) is 13.2 Å². The van der Waals surface area contributed by atoms with Gasteiger partial charge in [-0.15, -0.1) is 0 Å². The molecule has 5 heteroatoms. The van der Waals surface area contributed by atoms with Crippen molar-refractivity contribution in [2.75, 3.05) is 20.3 Å². The molecule has 0 aliphatic heterocycles. The number of ether oxygens (including phenoxy) is 1. The SMILES string of the molecule is COCCC(C)(C)CNC(C)c1ccc(C(=O)O)o1. The zero-order chi connectivity index (χ0) is 14.5. The summed E-state index contributed by atoms with van der Waals surface area (Å²) in [5.74, 6) is -0.430. The molecule has 1 aromatic heterocycles. The molecule has 5 nitrogen and oxygen atoms in total. The van der Waals surface area contributed by atoms with E-state index in [2.05, 4.69) is 19.2 Å². The standard InChI is InChI=1S/C14H23NO4/c1-10(11-5-6-12(19-11)13(16)17)15-9-14(2,3)7-8-18-4/h5-6,10,15H,7-9H2,1-4H3,(H,16,17). The maximum atomic E-state index is 10.7. The minimum Gasteiger partial charge on any atom is -0.475 e. The molecule has 0 aliphatic rings. The Morgan fingerprint density at radius 3 is 2.74 bits per heavy atom. The van der Waals surface area contributed by atoms with E-state index < -0.39 is 5.97 Å². The smallest absolute Gasteiger partial charge is 0.371 e. The Morgan fingerprint density at radius 2 is 2.21 bits per heavy atom. The molecule has 0 aromatic carbocycles. The third-order valence-corrected chi connectivity index (χ3v) is 3.13. The minimum atomic E-state index is -1.04. The van der Waals surface area contributed by atoms with E-state index in [1.165, 1.54) is 6.07 Å². The van der Waals surface area contributed by atoms with Crippen molar-refractivity contribution in [1.29, 1.82) is 0 Å². The first-order chi connectivity index (χ1) is 8.85. The van der Waals surface area contributed by atoms with Gasteiger partial charge in [-0.05, 0) is 30.9 Å². The summed E-state index contributed by atoms with van der Waals surface area (Å²) in [6, 6.07) is 3.16. The lowest BCUT2D eigenvalue weighted by Crippen LogP contribution is -2.32. The highest BCUT2D eigenvalue weighted by Gasteiger charge is 2.20. The van der Waals surface area contributed by atoms with Gasteiger partial charge in [0.05, 0.1) is 6.04 Å². The predicted octanol–water partition coefficient (Wildman–Crippen LogP) is 2.69. The summed E-state index contributed by atoms with van der Waals surface area (Å²) in [5, 5.41) is 12.2. The second-order valence-electron chi connectivity index (χ2n) is 5.52. The van der Waals surface area contributed by atoms with Crippen molar-refractivity contribution in [3.05, 3.63) is 23.7 Å². The molecule has 1 atom stereocenters. The van der Waals surface area contributed by atoms with Crippen LogP contribution >= 0.6 is 0 Å². The summed E-state index contributed by atoms with van der Waals surface area (Å²) in [6.45, 7) is 7.82. The van der Waals surface area contributed by atoms with Gasteiger partial charge >= 0.3 is 5.97 Å². The van der Waals surface area contributed by atoms with Gasteiger partial charge in [0.15, 0.2) is 0 Å². The van der Waals surface area contributed by atoms with Crippen LogP contribution in [0.25, 0.3) is 0 Å². The van der Waals surface area contributed by atoms with Crippen LogP contribution in [0.2, 0.25) is 0 Å². The molecule has 1 aromatic rings. The van der Waals surface area contributed by atoms with Gasteiger partial charge < -0.3 is 19.6 Å². The number of rotatable bonds is 8. The fourth-order valence-corrected chi connectivity index (χ4v) is 1.70. The fourth-order valence-electron chi connectivity index (χ4n) is 1.70. The normalized spacial score (nSPS) is 13.5. The van der Waals surface area contributed by atoms with Gasteiger partial charge in [-0.1, -0.05) is 13.8 Å². The average Bonchev–Trinajstić information content (AvgIpc) is 2.83. The minimum absolute atomic E-state index is 0.0186. The molecule has 0 saturated carbocycles. The quantitative estimate of drug-likeness (QED) is 0.759. The van der Waals surface area contributed by atoms with Gasteiger partial charge in [-0.25, -0.2) is 4.79 Å². The van der Waals surface area contributed by atoms with Crippen molar-refractivity contribution in [2.24, 2.45) is 5.41 Å². The molecule has 2 N–H and O–H groups in total. The summed E-state index contributed by atoms with van der Waals surface area (Å²) in [7, 11) is 1.70. The highest BCUT2D eigenvalue weighted by molar-refractivity contribution is 5.84. The van der Waals surface area contributed by atoms with Crippen molar-refractivity contribution in [3.8, 4) is 0 Å². The Kier molecular flexibility index (Phi) is 5.57. The van der Waals surface area contributed by atoms with Gasteiger partial charge in [0.2, 0.25) is 5.76 Å². The van der Waals surface area contributed by atoms with Crippen LogP contribution in [0.5, 0.6) is 0 Å². The third-order valence-electron chi connectivity index (χ3n) is 3.13. The first-order valence-electron chi connectivity index (χ1n) is 6.41. The van der Waals surface area contributed by atoms with Gasteiger partial charge in [0.1, 0.15) is 5.76 Å². The molecule has 0 bridgehead atoms. The Hall–Kier alpha value is -1.33. The first kappa shape index (κ1) is 15.7. The summed E-state index contributed by atoms with van der Waals surface area (Å²) in [4.78, 5) is 10.7. The monoisotopic (exact) mass is 269 g/mol. The van der Waals surface area contributed by atoms with Crippen LogP contribution in [0.4, 0.5) is 0 Å². The van der Waals surface area contributed by atoms with Gasteiger partial charge in [0, 0.05) is 20.3 Å². The number of nitrogens with one attached hydrogen (secondary N) is 1. The summed E-state index contributed by atoms with van der Waals surface area (Å²) >= 11 is 0. The van der Waals surface area contributed by atoms with E-state index in [4.69, 9.17) is 14.3 Å². The van der Waals surface area contributed by atoms with Crippen LogP contribution in [0.15, 0.2) is 16.5 Å². The first-order valence-corrected chi connectivity index (χ1v) is 6.41. The van der Waals surface area contributed by atoms with Crippen molar-refractivity contribution in [2.45, 2.75) is 33.2 Å². The summed E-state index contributed by atoms with van der Waals surface area (Å²) in [6.07, 6.45) is 0.960. The molecule has 0 amide bonds. The fraction of sp³-hybridized carbons (Fsp3) is 0.643. The summed E-state index contributed by atoms with van der Waals surface area (Å²) in [5.41, 5.74) is 0.118. The zero-order valence-corrected chi connectivity index (χ0v) is 12.0. The van der Waals surface area contributed by atoms with Crippen LogP contribution in [-0.4, -0.2) is 31.3 Å². The largest absolute Gasteiger partial charge is 0.475 e. The number of furan rings is 1. The average molecular weight is 269 g/mol. The molecule has 0 radical (unpaired) electrons. The highest BCUT2D eigenvalue weighted by atomic mass is 16.5. The van der Waals surface area contributed by atoms with E-state index >= 15 is 0 Å². The molecule has 19 heavy (non-hydrogen) atoms. The highest BCUT2D eigenvalue weighted by Crippen LogP contribution is 2.22. The summed E-state index contributed by atoms with van der Waals surface area (Å²) < 4.78 is 10.4. The number of methoxy groups -OCH3 is 1. The van der Waals surface area contributed by atoms with Crippen LogP contribution in [-0.2, 0) is 4.74 Å². The Labute approximate surface area is 113 Å². The van der Waals surface area contributed by atoms with Crippen LogP contribution in [0.1, 0.15) is 49.5 Å². The van der Waals surface area contributed by atoms with Crippen LogP contribution < -0.4 is 5.32 Å². The maximum Gasteiger partial charge on any atom is 0.371 e. The number of aromatic carboxylic acids is 1. The number of carboxylic acid groups (broad SMARTS) is 1. The molecule has 1 heterocycles. The number of hydrogen-bond donors (Lipinski definition) is 2. The van der Waals surface area contributed by atoms with E-state index in [9.17, 15) is 4.79 Å². The van der Waals surface area contributed by atoms with Gasteiger partial charge in [-0.3, -0.25) is 0 Å². The third kappa shape index (κ3) is 5.04. The van der Waals surface area contributed by atoms with Crippen molar-refractivity contribution < 1.29 is 19.1 Å². The molecule has 1 unspecified atom stereocenters. The predicted molar refractivity (Wildman–Crippen MR) is 72.4 cm³/mol. The lowest BCUT2D eigenvalue weighted by Gasteiger charge is -2.26. The molecular weight excluding hydrogens is 246 g/mol. The topological polar surface area (TPSA) is 71.7 Å². The second-order valence-corrected chi connectivity index (χ2v) is 5.52. The molecule has 0 spiro atoms. The second kappa shape index (κ2) is 6.73. The molecular formula is C14H23NO4. The number of carboxylic acids is 1. The zero-order valence-electron chi connectivity index (χ0n) is 12.0. The lowest BCUT2D eigenvalue weighted by molar-refractivity contribution is 0.0659. The molecule has 0 saturated heterocycles. The van der Waals surface area contributed by atoms with E-state index in [-0.39, 0.29) is 17.2 Å². The maximum absolute atomic E-state index is 10.7. The van der Waals surface area contributed by atoms with Crippen molar-refractivity contribution in [1.82, 2.24) is 5.32 Å². The van der Waals surface area contributed by atoms with Crippen LogP contribution in [0, 0.1) is 5.41 Å². The molecule has 108 valence electrons. The van der Waals surface area contributed by atoms with E-state index in [0.29, 0.717) is 5.76 Å². The van der Waals surface area contributed by atoms with E-state index in [1.807, 2.05) is 6.92 Å². The number of hydrogen-bond acceptors (Lipinski definition) is 4. The number of carbonyl (C=O) groups is 1. The molecule has 1 rings (SSSR count). The van der Waals surface area contributed by atoms with Gasteiger partial charge in [-0.2, -0.15) is 0 Å². The Morgan fingerprint density at radius 1 is 1.53 bits per heavy atom. The molecule has 0 fully saturated rings. The van der Waals surface area contributed by atoms with Crippen LogP contribution in [0.3, 0.4) is 0 Å². The van der Waals surface area contributed by atoms with E-state index in [0.717, 1.165) is 19.6 Å². The van der Waals surface area contributed by atoms with Crippen molar-refractivity contribution >= 4 is 5.97 Å². The van der Waals surface area contributed by atoms with Gasteiger partial charge in [0.25, 0.3) is 0 Å². The van der Waals surface area contributed by atoms with Crippen molar-refractivity contribution in [3.63, 3.8) is 0 Å². The Bertz CT molecular complexity index is 411. The Balaban J connectivity index is 2.50. The lowest BCUT2D eigenvalue weighted by atomic mass is 9.89. The molecule has 0 aliphatic carbocycles.